The highest BCUT2D eigenvalue weighted by Crippen LogP contribution is 2.11. The van der Waals surface area contributed by atoms with Crippen LogP contribution in [0.1, 0.15) is 20.8 Å². The first-order valence-electron chi connectivity index (χ1n) is 5.34. The number of hydrogen-bond acceptors (Lipinski definition) is 2. The fourth-order valence-electron chi connectivity index (χ4n) is 1.09. The Labute approximate surface area is 99.8 Å². The first-order chi connectivity index (χ1) is 7.81. The van der Waals surface area contributed by atoms with Crippen molar-refractivity contribution in [3.05, 3.63) is 30.1 Å². The van der Waals surface area contributed by atoms with E-state index in [4.69, 9.17) is 0 Å². The van der Waals surface area contributed by atoms with E-state index in [0.717, 1.165) is 0 Å². The molecular weight excluding hydrogens is 223 g/mol. The molecule has 0 aromatic heterocycles. The van der Waals surface area contributed by atoms with Gasteiger partial charge in [0.1, 0.15) is 5.82 Å². The minimum absolute atomic E-state index is 0.361. The van der Waals surface area contributed by atoms with E-state index in [1.54, 1.807) is 20.8 Å². The molecule has 0 heterocycles. The minimum atomic E-state index is -0.732. The van der Waals surface area contributed by atoms with Gasteiger partial charge in [-0.05, 0) is 45.0 Å². The lowest BCUT2D eigenvalue weighted by Gasteiger charge is -2.29. The fraction of sp³-hybridized carbons (Fsp3) is 0.417. The van der Waals surface area contributed by atoms with Crippen LogP contribution in [0.2, 0.25) is 0 Å². The van der Waals surface area contributed by atoms with Crippen molar-refractivity contribution in [1.82, 2.24) is 5.32 Å². The maximum Gasteiger partial charge on any atom is 0.319 e. The Hall–Kier alpha value is -1.62. The van der Waals surface area contributed by atoms with E-state index in [9.17, 15) is 14.3 Å². The Morgan fingerprint density at radius 1 is 1.35 bits per heavy atom. The number of amides is 2. The normalized spacial score (nSPS) is 13.0. The molecule has 1 rings (SSSR count). The highest BCUT2D eigenvalue weighted by molar-refractivity contribution is 5.89. The third-order valence-electron chi connectivity index (χ3n) is 2.58. The van der Waals surface area contributed by atoms with Crippen LogP contribution in [0.5, 0.6) is 0 Å². The number of anilines is 1. The Morgan fingerprint density at radius 3 is 2.35 bits per heavy atom. The van der Waals surface area contributed by atoms with E-state index in [1.165, 1.54) is 24.3 Å². The molecule has 0 aliphatic heterocycles. The van der Waals surface area contributed by atoms with Gasteiger partial charge in [-0.2, -0.15) is 0 Å². The van der Waals surface area contributed by atoms with Crippen molar-refractivity contribution in [2.45, 2.75) is 32.4 Å². The van der Waals surface area contributed by atoms with E-state index in [1.807, 2.05) is 0 Å². The molecule has 0 fully saturated rings. The highest BCUT2D eigenvalue weighted by Gasteiger charge is 2.25. The molecule has 0 aliphatic rings. The maximum absolute atomic E-state index is 12.6. The van der Waals surface area contributed by atoms with Crippen LogP contribution in [0.15, 0.2) is 24.3 Å². The van der Waals surface area contributed by atoms with Gasteiger partial charge in [0.15, 0.2) is 0 Å². The summed E-state index contributed by atoms with van der Waals surface area (Å²) in [6.45, 7) is 5.02. The molecule has 1 aromatic rings. The summed E-state index contributed by atoms with van der Waals surface area (Å²) in [4.78, 5) is 11.6. The number of carbonyl (C=O) groups is 1. The molecule has 0 saturated carbocycles. The van der Waals surface area contributed by atoms with Gasteiger partial charge < -0.3 is 15.7 Å². The van der Waals surface area contributed by atoms with Crippen LogP contribution in [0.3, 0.4) is 0 Å². The Morgan fingerprint density at radius 2 is 1.88 bits per heavy atom. The summed E-state index contributed by atoms with van der Waals surface area (Å²) in [6.07, 6.45) is -0.679. The molecular formula is C12H17FN2O2. The monoisotopic (exact) mass is 240 g/mol. The van der Waals surface area contributed by atoms with Crippen molar-refractivity contribution >= 4 is 11.7 Å². The predicted molar refractivity (Wildman–Crippen MR) is 64.3 cm³/mol. The SMILES string of the molecule is CC(O)C(C)(C)NC(=O)Nc1ccc(F)cc1. The number of benzene rings is 1. The first-order valence-corrected chi connectivity index (χ1v) is 5.34. The van der Waals surface area contributed by atoms with Gasteiger partial charge in [-0.25, -0.2) is 9.18 Å². The molecule has 0 saturated heterocycles. The van der Waals surface area contributed by atoms with E-state index < -0.39 is 17.7 Å². The van der Waals surface area contributed by atoms with Crippen LogP contribution in [0.4, 0.5) is 14.9 Å². The lowest BCUT2D eigenvalue weighted by molar-refractivity contribution is 0.103. The molecule has 3 N–H and O–H groups in total. The van der Waals surface area contributed by atoms with Crippen molar-refractivity contribution in [2.75, 3.05) is 5.32 Å². The van der Waals surface area contributed by atoms with Crippen LogP contribution in [-0.4, -0.2) is 22.8 Å². The number of carbonyl (C=O) groups excluding carboxylic acids is 1. The maximum atomic E-state index is 12.6. The second-order valence-corrected chi connectivity index (χ2v) is 4.48. The molecule has 0 radical (unpaired) electrons. The summed E-state index contributed by atoms with van der Waals surface area (Å²) in [5, 5.41) is 14.6. The molecule has 4 nitrogen and oxygen atoms in total. The summed E-state index contributed by atoms with van der Waals surface area (Å²) >= 11 is 0. The zero-order valence-corrected chi connectivity index (χ0v) is 10.1. The second-order valence-electron chi connectivity index (χ2n) is 4.48. The summed E-state index contributed by atoms with van der Waals surface area (Å²) in [7, 11) is 0. The summed E-state index contributed by atoms with van der Waals surface area (Å²) in [5.74, 6) is -0.361. The van der Waals surface area contributed by atoms with Crippen LogP contribution < -0.4 is 10.6 Å². The van der Waals surface area contributed by atoms with Crippen LogP contribution >= 0.6 is 0 Å². The molecule has 1 unspecified atom stereocenters. The quantitative estimate of drug-likeness (QED) is 0.757. The lowest BCUT2D eigenvalue weighted by Crippen LogP contribution is -2.52. The van der Waals surface area contributed by atoms with Gasteiger partial charge in [-0.15, -0.1) is 0 Å². The van der Waals surface area contributed by atoms with Gasteiger partial charge >= 0.3 is 6.03 Å². The largest absolute Gasteiger partial charge is 0.391 e. The minimum Gasteiger partial charge on any atom is -0.391 e. The topological polar surface area (TPSA) is 61.4 Å². The van der Waals surface area contributed by atoms with Crippen molar-refractivity contribution < 1.29 is 14.3 Å². The van der Waals surface area contributed by atoms with E-state index >= 15 is 0 Å². The molecule has 2 amide bonds. The Bertz CT molecular complexity index is 388. The predicted octanol–water partition coefficient (Wildman–Crippen LogP) is 2.11. The van der Waals surface area contributed by atoms with E-state index in [0.29, 0.717) is 5.69 Å². The van der Waals surface area contributed by atoms with Crippen molar-refractivity contribution in [1.29, 1.82) is 0 Å². The molecule has 0 bridgehead atoms. The molecule has 1 aromatic carbocycles. The van der Waals surface area contributed by atoms with Gasteiger partial charge in [0.25, 0.3) is 0 Å². The summed E-state index contributed by atoms with van der Waals surface area (Å²) < 4.78 is 12.6. The van der Waals surface area contributed by atoms with Gasteiger partial charge in [0, 0.05) is 5.69 Å². The van der Waals surface area contributed by atoms with Gasteiger partial charge in [0.05, 0.1) is 11.6 Å². The van der Waals surface area contributed by atoms with Crippen molar-refractivity contribution in [2.24, 2.45) is 0 Å². The van der Waals surface area contributed by atoms with E-state index in [-0.39, 0.29) is 5.82 Å². The standard InChI is InChI=1S/C12H17FN2O2/c1-8(16)12(2,3)15-11(17)14-10-6-4-9(13)5-7-10/h4-8,16H,1-3H3,(H2,14,15,17). The summed E-state index contributed by atoms with van der Waals surface area (Å²) in [5.41, 5.74) is -0.241. The molecule has 5 heteroatoms. The number of halogens is 1. The Balaban J connectivity index is 2.59. The second kappa shape index (κ2) is 5.14. The van der Waals surface area contributed by atoms with Crippen LogP contribution in [0.25, 0.3) is 0 Å². The average molecular weight is 240 g/mol. The molecule has 0 aliphatic carbocycles. The fourth-order valence-corrected chi connectivity index (χ4v) is 1.09. The number of aliphatic hydroxyl groups is 1. The number of aliphatic hydroxyl groups excluding tert-OH is 1. The van der Waals surface area contributed by atoms with Gasteiger partial charge in [-0.1, -0.05) is 0 Å². The molecule has 17 heavy (non-hydrogen) atoms. The molecule has 0 spiro atoms. The van der Waals surface area contributed by atoms with Gasteiger partial charge in [0.2, 0.25) is 0 Å². The van der Waals surface area contributed by atoms with Crippen molar-refractivity contribution in [3.63, 3.8) is 0 Å². The third kappa shape index (κ3) is 4.03. The highest BCUT2D eigenvalue weighted by atomic mass is 19.1. The molecule has 94 valence electrons. The van der Waals surface area contributed by atoms with Crippen LogP contribution in [-0.2, 0) is 0 Å². The zero-order chi connectivity index (χ0) is 13.1. The average Bonchev–Trinajstić information content (AvgIpc) is 2.20. The lowest BCUT2D eigenvalue weighted by atomic mass is 9.99. The van der Waals surface area contributed by atoms with E-state index in [2.05, 4.69) is 10.6 Å². The van der Waals surface area contributed by atoms with Crippen LogP contribution in [0, 0.1) is 5.82 Å². The first kappa shape index (κ1) is 13.4. The smallest absolute Gasteiger partial charge is 0.319 e. The van der Waals surface area contributed by atoms with Crippen molar-refractivity contribution in [3.8, 4) is 0 Å². The summed E-state index contributed by atoms with van der Waals surface area (Å²) in [6, 6.07) is 5.00. The number of urea groups is 1. The number of nitrogens with one attached hydrogen (secondary N) is 2. The number of rotatable bonds is 3. The van der Waals surface area contributed by atoms with Gasteiger partial charge in [-0.3, -0.25) is 0 Å². The Kier molecular flexibility index (Phi) is 4.07. The molecule has 1 atom stereocenters. The number of hydrogen-bond donors (Lipinski definition) is 3. The zero-order valence-electron chi connectivity index (χ0n) is 10.1. The third-order valence-corrected chi connectivity index (χ3v) is 2.58.